The number of anilines is 1. The molecule has 2 amide bonds. The molecule has 0 saturated carbocycles. The van der Waals surface area contributed by atoms with Crippen LogP contribution in [0.1, 0.15) is 40.5 Å². The predicted molar refractivity (Wildman–Crippen MR) is 116 cm³/mol. The van der Waals surface area contributed by atoms with Crippen LogP contribution < -0.4 is 14.8 Å². The Labute approximate surface area is 194 Å². The van der Waals surface area contributed by atoms with E-state index in [0.29, 0.717) is 24.7 Å². The van der Waals surface area contributed by atoms with Gasteiger partial charge in [-0.3, -0.25) is 14.9 Å². The van der Waals surface area contributed by atoms with Crippen LogP contribution in [-0.4, -0.2) is 73.1 Å². The van der Waals surface area contributed by atoms with E-state index in [9.17, 15) is 14.4 Å². The normalized spacial score (nSPS) is 20.1. The van der Waals surface area contributed by atoms with Crippen LogP contribution in [0.25, 0.3) is 0 Å². The largest absolute Gasteiger partial charge is 0.493 e. The van der Waals surface area contributed by atoms with Gasteiger partial charge in [-0.2, -0.15) is 0 Å². The third-order valence-corrected chi connectivity index (χ3v) is 6.20. The topological polar surface area (TPSA) is 129 Å². The molecule has 33 heavy (non-hydrogen) atoms. The first-order valence-corrected chi connectivity index (χ1v) is 11.2. The minimum atomic E-state index is -0.632. The summed E-state index contributed by atoms with van der Waals surface area (Å²) in [7, 11) is 2.81. The summed E-state index contributed by atoms with van der Waals surface area (Å²) in [4.78, 5) is 37.9. The third-order valence-electron chi connectivity index (χ3n) is 5.39. The van der Waals surface area contributed by atoms with Gasteiger partial charge in [0.15, 0.2) is 17.8 Å². The molecule has 2 fully saturated rings. The van der Waals surface area contributed by atoms with Crippen LogP contribution in [0.5, 0.6) is 11.5 Å². The van der Waals surface area contributed by atoms with Crippen LogP contribution in [0.15, 0.2) is 18.2 Å². The zero-order valence-electron chi connectivity index (χ0n) is 18.2. The van der Waals surface area contributed by atoms with E-state index in [-0.39, 0.29) is 41.2 Å². The lowest BCUT2D eigenvalue weighted by Gasteiger charge is -2.19. The van der Waals surface area contributed by atoms with Gasteiger partial charge in [0.05, 0.1) is 27.4 Å². The van der Waals surface area contributed by atoms with E-state index in [0.717, 1.165) is 29.7 Å². The van der Waals surface area contributed by atoms with E-state index in [1.807, 2.05) is 18.2 Å². The Balaban J connectivity index is 1.38. The van der Waals surface area contributed by atoms with Crippen molar-refractivity contribution in [3.05, 3.63) is 28.8 Å². The Morgan fingerprint density at radius 2 is 2.12 bits per heavy atom. The molecule has 1 aromatic heterocycles. The standard InChI is InChI=1S/C21H24N4O7S/c1-29-14-6-5-12(8-15(14)32-18-4-3-7-31-18)13-9-17(27)25(10-13)11-16(26)22-21-24-23-19(33-21)20(28)30-2/h5-6,8,13,18H,3-4,7,9-11H2,1-2H3,(H,22,24,26)/t13-,18?/m1/s1. The Kier molecular flexibility index (Phi) is 7.04. The van der Waals surface area contributed by atoms with Crippen molar-refractivity contribution in [2.75, 3.05) is 39.2 Å². The average molecular weight is 477 g/mol. The maximum Gasteiger partial charge on any atom is 0.369 e. The number of ether oxygens (including phenoxy) is 4. The molecule has 2 saturated heterocycles. The van der Waals surface area contributed by atoms with Gasteiger partial charge in [0.1, 0.15) is 0 Å². The highest BCUT2D eigenvalue weighted by atomic mass is 32.1. The third kappa shape index (κ3) is 5.40. The second-order valence-corrected chi connectivity index (χ2v) is 8.58. The maximum atomic E-state index is 12.5. The molecule has 0 aliphatic carbocycles. The fraction of sp³-hybridized carbons (Fsp3) is 0.476. The molecule has 1 aromatic carbocycles. The first-order valence-electron chi connectivity index (χ1n) is 10.4. The van der Waals surface area contributed by atoms with Crippen LogP contribution in [-0.2, 0) is 19.1 Å². The van der Waals surface area contributed by atoms with Crippen molar-refractivity contribution in [2.24, 2.45) is 0 Å². The number of hydrogen-bond acceptors (Lipinski definition) is 10. The SMILES string of the molecule is COC(=O)c1nnc(NC(=O)CN2C[C@H](c3ccc(OC)c(OC4CCCO4)c3)CC2=O)s1. The van der Waals surface area contributed by atoms with Crippen LogP contribution in [0.3, 0.4) is 0 Å². The first kappa shape index (κ1) is 22.9. The van der Waals surface area contributed by atoms with Gasteiger partial charge in [-0.05, 0) is 24.1 Å². The quantitative estimate of drug-likeness (QED) is 0.567. The second-order valence-electron chi connectivity index (χ2n) is 7.60. The van der Waals surface area contributed by atoms with Crippen molar-refractivity contribution >= 4 is 34.3 Å². The summed E-state index contributed by atoms with van der Waals surface area (Å²) in [5, 5.41) is 10.2. The van der Waals surface area contributed by atoms with Crippen LogP contribution in [0.2, 0.25) is 0 Å². The predicted octanol–water partition coefficient (Wildman–Crippen LogP) is 1.80. The maximum absolute atomic E-state index is 12.5. The number of rotatable bonds is 8. The molecule has 4 rings (SSSR count). The zero-order valence-corrected chi connectivity index (χ0v) is 19.1. The van der Waals surface area contributed by atoms with Gasteiger partial charge >= 0.3 is 5.97 Å². The molecule has 2 aliphatic heterocycles. The smallest absolute Gasteiger partial charge is 0.369 e. The molecule has 2 atom stereocenters. The summed E-state index contributed by atoms with van der Waals surface area (Å²) >= 11 is 0.900. The average Bonchev–Trinajstić information content (AvgIpc) is 3.56. The fourth-order valence-corrected chi connectivity index (χ4v) is 4.42. The van der Waals surface area contributed by atoms with Crippen LogP contribution >= 0.6 is 11.3 Å². The molecule has 0 bridgehead atoms. The molecule has 3 heterocycles. The first-order chi connectivity index (χ1) is 16.0. The molecular weight excluding hydrogens is 452 g/mol. The summed E-state index contributed by atoms with van der Waals surface area (Å²) in [5.74, 6) is -0.0985. The van der Waals surface area contributed by atoms with Gasteiger partial charge in [0.2, 0.25) is 22.0 Å². The lowest BCUT2D eigenvalue weighted by Crippen LogP contribution is -2.34. The molecule has 11 nitrogen and oxygen atoms in total. The molecule has 0 spiro atoms. The number of esters is 1. The van der Waals surface area contributed by atoms with Crippen molar-refractivity contribution in [1.82, 2.24) is 15.1 Å². The number of likely N-dealkylation sites (tertiary alicyclic amines) is 1. The number of carbonyl (C=O) groups is 3. The summed E-state index contributed by atoms with van der Waals surface area (Å²) in [6, 6.07) is 5.59. The number of aromatic nitrogens is 2. The highest BCUT2D eigenvalue weighted by molar-refractivity contribution is 7.17. The fourth-order valence-electron chi connectivity index (χ4n) is 3.75. The van der Waals surface area contributed by atoms with Gasteiger partial charge in [-0.25, -0.2) is 4.79 Å². The minimum absolute atomic E-state index is 0.0330. The summed E-state index contributed by atoms with van der Waals surface area (Å²) < 4.78 is 21.5. The number of hydrogen-bond donors (Lipinski definition) is 1. The minimum Gasteiger partial charge on any atom is -0.493 e. The number of methoxy groups -OCH3 is 2. The van der Waals surface area contributed by atoms with E-state index in [2.05, 4.69) is 20.3 Å². The van der Waals surface area contributed by atoms with Gasteiger partial charge in [-0.15, -0.1) is 10.2 Å². The summed E-state index contributed by atoms with van der Waals surface area (Å²) in [5.41, 5.74) is 0.923. The van der Waals surface area contributed by atoms with Gasteiger partial charge in [0, 0.05) is 25.3 Å². The number of nitrogens with one attached hydrogen (secondary N) is 1. The van der Waals surface area contributed by atoms with E-state index in [1.165, 1.54) is 12.0 Å². The molecule has 2 aromatic rings. The van der Waals surface area contributed by atoms with Gasteiger partial charge < -0.3 is 23.8 Å². The van der Waals surface area contributed by atoms with Crippen molar-refractivity contribution in [3.8, 4) is 11.5 Å². The van der Waals surface area contributed by atoms with Gasteiger partial charge in [-0.1, -0.05) is 17.4 Å². The number of carbonyl (C=O) groups excluding carboxylic acids is 3. The van der Waals surface area contributed by atoms with Crippen LogP contribution in [0.4, 0.5) is 5.13 Å². The Morgan fingerprint density at radius 1 is 1.27 bits per heavy atom. The number of nitrogens with zero attached hydrogens (tertiary/aromatic N) is 3. The highest BCUT2D eigenvalue weighted by Gasteiger charge is 2.33. The second kappa shape index (κ2) is 10.1. The highest BCUT2D eigenvalue weighted by Crippen LogP contribution is 2.36. The van der Waals surface area contributed by atoms with Crippen LogP contribution in [0, 0.1) is 0 Å². The summed E-state index contributed by atoms with van der Waals surface area (Å²) in [6.07, 6.45) is 1.74. The number of benzene rings is 1. The van der Waals surface area contributed by atoms with Crippen molar-refractivity contribution < 1.29 is 33.3 Å². The van der Waals surface area contributed by atoms with E-state index < -0.39 is 11.9 Å². The molecule has 0 radical (unpaired) electrons. The molecule has 176 valence electrons. The zero-order chi connectivity index (χ0) is 23.4. The number of amides is 2. The van der Waals surface area contributed by atoms with E-state index >= 15 is 0 Å². The molecule has 12 heteroatoms. The van der Waals surface area contributed by atoms with E-state index in [4.69, 9.17) is 14.2 Å². The Hall–Kier alpha value is -3.25. The van der Waals surface area contributed by atoms with Crippen molar-refractivity contribution in [3.63, 3.8) is 0 Å². The molecule has 2 aliphatic rings. The van der Waals surface area contributed by atoms with E-state index in [1.54, 1.807) is 7.11 Å². The van der Waals surface area contributed by atoms with Gasteiger partial charge in [0.25, 0.3) is 0 Å². The Bertz CT molecular complexity index is 1040. The van der Waals surface area contributed by atoms with Crippen molar-refractivity contribution in [1.29, 1.82) is 0 Å². The molecular formula is C21H24N4O7S. The summed E-state index contributed by atoms with van der Waals surface area (Å²) in [6.45, 7) is 0.932. The molecule has 1 unspecified atom stereocenters. The lowest BCUT2D eigenvalue weighted by atomic mass is 9.98. The molecule has 1 N–H and O–H groups in total. The lowest BCUT2D eigenvalue weighted by molar-refractivity contribution is -0.131. The Morgan fingerprint density at radius 3 is 2.85 bits per heavy atom. The monoisotopic (exact) mass is 476 g/mol. The van der Waals surface area contributed by atoms with Crippen molar-refractivity contribution in [2.45, 2.75) is 31.5 Å².